The van der Waals surface area contributed by atoms with Crippen LogP contribution in [0.3, 0.4) is 0 Å². The molecule has 6 nitrogen and oxygen atoms in total. The van der Waals surface area contributed by atoms with Crippen molar-refractivity contribution in [1.82, 2.24) is 9.88 Å². The fraction of sp³-hybridized carbons (Fsp3) is 0.429. The summed E-state index contributed by atoms with van der Waals surface area (Å²) in [6.45, 7) is 5.86. The summed E-state index contributed by atoms with van der Waals surface area (Å²) in [5.74, 6) is 1.11. The highest BCUT2D eigenvalue weighted by molar-refractivity contribution is 5.95. The van der Waals surface area contributed by atoms with Gasteiger partial charge in [0.15, 0.2) is 0 Å². The molecular formula is C21H25N3O3. The molecule has 1 aromatic heterocycles. The zero-order valence-corrected chi connectivity index (χ0v) is 15.5. The van der Waals surface area contributed by atoms with Crippen LogP contribution in [-0.2, 0) is 0 Å². The topological polar surface area (TPSA) is 88.7 Å². The molecule has 4 heterocycles. The molecule has 2 aromatic rings. The van der Waals surface area contributed by atoms with E-state index in [2.05, 4.69) is 16.5 Å². The van der Waals surface area contributed by atoms with Crippen molar-refractivity contribution in [3.8, 4) is 5.75 Å². The minimum absolute atomic E-state index is 0.0116. The Kier molecular flexibility index (Phi) is 4.61. The van der Waals surface area contributed by atoms with Crippen LogP contribution in [0.15, 0.2) is 36.9 Å². The maximum Gasteiger partial charge on any atom is 0.267 e. The highest BCUT2D eigenvalue weighted by Crippen LogP contribution is 2.42. The molecule has 2 unspecified atom stereocenters. The molecule has 3 fully saturated rings. The van der Waals surface area contributed by atoms with E-state index in [1.807, 2.05) is 12.1 Å². The number of piperidine rings is 3. The zero-order valence-electron chi connectivity index (χ0n) is 15.5. The second kappa shape index (κ2) is 6.94. The number of benzene rings is 1. The predicted molar refractivity (Wildman–Crippen MR) is 104 cm³/mol. The summed E-state index contributed by atoms with van der Waals surface area (Å²) < 4.78 is 5.34. The van der Waals surface area contributed by atoms with Gasteiger partial charge in [-0.15, -0.1) is 6.58 Å². The van der Waals surface area contributed by atoms with Gasteiger partial charge in [-0.2, -0.15) is 0 Å². The number of carbonyl (C=O) groups excluding carboxylic acids is 1. The molecule has 6 heteroatoms. The first-order valence-corrected chi connectivity index (χ1v) is 9.35. The Bertz CT molecular complexity index is 898. The van der Waals surface area contributed by atoms with E-state index in [1.54, 1.807) is 25.3 Å². The standard InChI is InChI=1S/C21H25N3O3/c1-3-12-11-24-7-6-13(12)8-19(24)20(25)16-10-18(21(22)26)23-17-5-4-14(27-2)9-15(16)17/h3-5,9-10,12-13,19-20,25H,1,6-8,11H2,2H3,(H2,22,26)/t12-,13?,19-,20+/m0/s1. The van der Waals surface area contributed by atoms with Crippen molar-refractivity contribution >= 4 is 16.8 Å². The predicted octanol–water partition coefficient (Wildman–Crippen LogP) is 2.27. The van der Waals surface area contributed by atoms with Crippen LogP contribution in [0.5, 0.6) is 5.75 Å². The van der Waals surface area contributed by atoms with E-state index in [-0.39, 0.29) is 11.7 Å². The second-order valence-corrected chi connectivity index (χ2v) is 7.54. The van der Waals surface area contributed by atoms with Crippen molar-refractivity contribution in [3.05, 3.63) is 48.2 Å². The molecule has 27 heavy (non-hydrogen) atoms. The maximum absolute atomic E-state index is 11.8. The first-order chi connectivity index (χ1) is 13.0. The van der Waals surface area contributed by atoms with Gasteiger partial charge in [0.25, 0.3) is 5.91 Å². The molecule has 3 saturated heterocycles. The largest absolute Gasteiger partial charge is 0.497 e. The van der Waals surface area contributed by atoms with Crippen molar-refractivity contribution in [2.24, 2.45) is 17.6 Å². The van der Waals surface area contributed by atoms with Crippen LogP contribution in [-0.4, -0.2) is 47.1 Å². The monoisotopic (exact) mass is 367 g/mol. The number of rotatable bonds is 5. The molecule has 1 amide bonds. The third-order valence-electron chi connectivity index (χ3n) is 6.14. The Labute approximate surface area is 158 Å². The van der Waals surface area contributed by atoms with Gasteiger partial charge in [0.05, 0.1) is 18.7 Å². The number of nitrogens with zero attached hydrogens (tertiary/aromatic N) is 2. The van der Waals surface area contributed by atoms with Gasteiger partial charge in [0.2, 0.25) is 0 Å². The molecule has 3 N–H and O–H groups in total. The SMILES string of the molecule is C=C[C@H]1CN2CCC1C[C@H]2[C@H](O)c1cc(C(N)=O)nc2ccc(OC)cc12. The van der Waals surface area contributed by atoms with Crippen molar-refractivity contribution in [2.45, 2.75) is 25.0 Å². The minimum atomic E-state index is -0.728. The van der Waals surface area contributed by atoms with Gasteiger partial charge < -0.3 is 15.6 Å². The molecule has 0 saturated carbocycles. The third-order valence-corrected chi connectivity index (χ3v) is 6.14. The van der Waals surface area contributed by atoms with Gasteiger partial charge in [-0.1, -0.05) is 6.08 Å². The Hall–Kier alpha value is -2.44. The normalized spacial score (nSPS) is 28.1. The lowest BCUT2D eigenvalue weighted by Crippen LogP contribution is -2.54. The summed E-state index contributed by atoms with van der Waals surface area (Å²) in [5, 5.41) is 12.1. The third kappa shape index (κ3) is 3.09. The number of ether oxygens (including phenoxy) is 1. The number of hydrogen-bond acceptors (Lipinski definition) is 5. The number of hydrogen-bond donors (Lipinski definition) is 2. The van der Waals surface area contributed by atoms with Crippen LogP contribution < -0.4 is 10.5 Å². The molecule has 0 radical (unpaired) electrons. The fourth-order valence-electron chi connectivity index (χ4n) is 4.64. The van der Waals surface area contributed by atoms with E-state index in [9.17, 15) is 9.90 Å². The van der Waals surface area contributed by atoms with Crippen LogP contribution in [0.4, 0.5) is 0 Å². The summed E-state index contributed by atoms with van der Waals surface area (Å²) in [5.41, 5.74) is 6.95. The van der Waals surface area contributed by atoms with Crippen LogP contribution in [0.1, 0.15) is 35.0 Å². The number of aliphatic hydroxyl groups is 1. The van der Waals surface area contributed by atoms with E-state index in [0.29, 0.717) is 28.7 Å². The highest BCUT2D eigenvalue weighted by atomic mass is 16.5. The quantitative estimate of drug-likeness (QED) is 0.792. The average molecular weight is 367 g/mol. The fourth-order valence-corrected chi connectivity index (χ4v) is 4.64. The number of aromatic nitrogens is 1. The molecule has 5 atom stereocenters. The molecule has 0 spiro atoms. The summed E-state index contributed by atoms with van der Waals surface area (Å²) in [6.07, 6.45) is 3.36. The average Bonchev–Trinajstić information content (AvgIpc) is 2.71. The summed E-state index contributed by atoms with van der Waals surface area (Å²) in [7, 11) is 1.60. The van der Waals surface area contributed by atoms with Gasteiger partial charge >= 0.3 is 0 Å². The zero-order chi connectivity index (χ0) is 19.1. The highest BCUT2D eigenvalue weighted by Gasteiger charge is 2.42. The molecule has 5 rings (SSSR count). The number of primary amides is 1. The summed E-state index contributed by atoms with van der Waals surface area (Å²) >= 11 is 0. The molecule has 3 aliphatic rings. The first-order valence-electron chi connectivity index (χ1n) is 9.35. The Morgan fingerprint density at radius 2 is 2.30 bits per heavy atom. The second-order valence-electron chi connectivity index (χ2n) is 7.54. The maximum atomic E-state index is 11.8. The van der Waals surface area contributed by atoms with Crippen molar-refractivity contribution in [2.75, 3.05) is 20.2 Å². The first kappa shape index (κ1) is 17.9. The molecular weight excluding hydrogens is 342 g/mol. The van der Waals surface area contributed by atoms with E-state index in [1.165, 1.54) is 0 Å². The smallest absolute Gasteiger partial charge is 0.267 e. The van der Waals surface area contributed by atoms with Gasteiger partial charge in [0.1, 0.15) is 11.4 Å². The lowest BCUT2D eigenvalue weighted by Gasteiger charge is -2.50. The van der Waals surface area contributed by atoms with Crippen LogP contribution in [0.25, 0.3) is 10.9 Å². The van der Waals surface area contributed by atoms with Crippen LogP contribution in [0, 0.1) is 11.8 Å². The van der Waals surface area contributed by atoms with E-state index in [0.717, 1.165) is 31.3 Å². The van der Waals surface area contributed by atoms with Gasteiger partial charge in [-0.05, 0) is 61.1 Å². The molecule has 0 aliphatic carbocycles. The Balaban J connectivity index is 1.77. The lowest BCUT2D eigenvalue weighted by atomic mass is 9.73. The molecule has 3 aliphatic heterocycles. The number of methoxy groups -OCH3 is 1. The summed E-state index contributed by atoms with van der Waals surface area (Å²) in [4.78, 5) is 18.4. The van der Waals surface area contributed by atoms with Crippen molar-refractivity contribution in [1.29, 1.82) is 0 Å². The van der Waals surface area contributed by atoms with Gasteiger partial charge in [-0.3, -0.25) is 9.69 Å². The number of fused-ring (bicyclic) bond motifs is 4. The van der Waals surface area contributed by atoms with Crippen molar-refractivity contribution in [3.63, 3.8) is 0 Å². The number of amides is 1. The van der Waals surface area contributed by atoms with Crippen molar-refractivity contribution < 1.29 is 14.6 Å². The van der Waals surface area contributed by atoms with Gasteiger partial charge in [-0.25, -0.2) is 4.98 Å². The summed E-state index contributed by atoms with van der Waals surface area (Å²) in [6, 6.07) is 7.07. The number of aliphatic hydroxyl groups excluding tert-OH is 1. The Morgan fingerprint density at radius 1 is 1.48 bits per heavy atom. The number of nitrogens with two attached hydrogens (primary N) is 1. The van der Waals surface area contributed by atoms with Crippen LogP contribution >= 0.6 is 0 Å². The van der Waals surface area contributed by atoms with E-state index >= 15 is 0 Å². The van der Waals surface area contributed by atoms with E-state index < -0.39 is 12.0 Å². The van der Waals surface area contributed by atoms with Gasteiger partial charge in [0, 0.05) is 18.0 Å². The number of carbonyl (C=O) groups is 1. The minimum Gasteiger partial charge on any atom is -0.497 e. The van der Waals surface area contributed by atoms with Crippen LogP contribution in [0.2, 0.25) is 0 Å². The molecule has 1 aromatic carbocycles. The molecule has 142 valence electrons. The number of pyridine rings is 1. The Morgan fingerprint density at radius 3 is 2.93 bits per heavy atom. The molecule has 2 bridgehead atoms. The lowest BCUT2D eigenvalue weighted by molar-refractivity contribution is -0.0445. The van der Waals surface area contributed by atoms with E-state index in [4.69, 9.17) is 10.5 Å².